The molecule has 3 aromatic carbocycles. The van der Waals surface area contributed by atoms with Crippen LogP contribution in [0.1, 0.15) is 34.0 Å². The number of carbonyl (C=O) groups is 2. The molecule has 1 aliphatic rings. The maximum Gasteiger partial charge on any atom is 0.416 e. The van der Waals surface area contributed by atoms with Crippen LogP contribution in [0.3, 0.4) is 0 Å². The fourth-order valence-electron chi connectivity index (χ4n) is 3.77. The zero-order chi connectivity index (χ0) is 24.5. The Kier molecular flexibility index (Phi) is 6.15. The van der Waals surface area contributed by atoms with Gasteiger partial charge in [0.25, 0.3) is 11.8 Å². The number of hydrogen-bond acceptors (Lipinski definition) is 4. The summed E-state index contributed by atoms with van der Waals surface area (Å²) < 4.78 is 50.7. The SMILES string of the molecule is CCOc1cc(C=C2C(=O)N(c3cccc(C(F)(F)F)c3)C(=O)c3ccccc32)ccc1OC. The first-order valence-electron chi connectivity index (χ1n) is 10.4. The van der Waals surface area contributed by atoms with Gasteiger partial charge in [-0.1, -0.05) is 30.3 Å². The Bertz CT molecular complexity index is 1300. The molecule has 0 unspecified atom stereocenters. The normalized spacial score (nSPS) is 14.9. The predicted molar refractivity (Wildman–Crippen MR) is 122 cm³/mol. The van der Waals surface area contributed by atoms with Crippen molar-refractivity contribution in [1.82, 2.24) is 0 Å². The standard InChI is InChI=1S/C26H20F3NO4/c1-3-34-23-14-16(11-12-22(23)33-2)13-21-19-9-4-5-10-20(19)24(31)30(25(21)32)18-8-6-7-17(15-18)26(27,28)29/h4-15H,3H2,1-2H3. The highest BCUT2D eigenvalue weighted by molar-refractivity contribution is 6.43. The summed E-state index contributed by atoms with van der Waals surface area (Å²) in [7, 11) is 1.51. The fraction of sp³-hybridized carbons (Fsp3) is 0.154. The Morgan fingerprint density at radius 1 is 0.882 bits per heavy atom. The van der Waals surface area contributed by atoms with E-state index in [1.165, 1.54) is 25.3 Å². The molecule has 0 bridgehead atoms. The van der Waals surface area contributed by atoms with Gasteiger partial charge in [0, 0.05) is 11.1 Å². The number of methoxy groups -OCH3 is 1. The highest BCUT2D eigenvalue weighted by atomic mass is 19.4. The number of halogens is 3. The van der Waals surface area contributed by atoms with Gasteiger partial charge in [-0.3, -0.25) is 9.59 Å². The molecule has 0 spiro atoms. The maximum atomic E-state index is 13.5. The van der Waals surface area contributed by atoms with Crippen molar-refractivity contribution in [2.75, 3.05) is 18.6 Å². The molecule has 0 saturated carbocycles. The summed E-state index contributed by atoms with van der Waals surface area (Å²) in [5.41, 5.74) is 0.265. The molecule has 0 aliphatic carbocycles. The number of fused-ring (bicyclic) bond motifs is 1. The first-order valence-corrected chi connectivity index (χ1v) is 10.4. The average molecular weight is 467 g/mol. The second kappa shape index (κ2) is 9.05. The third-order valence-corrected chi connectivity index (χ3v) is 5.31. The van der Waals surface area contributed by atoms with E-state index >= 15 is 0 Å². The number of rotatable bonds is 5. The van der Waals surface area contributed by atoms with Crippen molar-refractivity contribution in [1.29, 1.82) is 0 Å². The number of hydrogen-bond donors (Lipinski definition) is 0. The van der Waals surface area contributed by atoms with E-state index in [9.17, 15) is 22.8 Å². The lowest BCUT2D eigenvalue weighted by atomic mass is 9.91. The monoisotopic (exact) mass is 467 g/mol. The Morgan fingerprint density at radius 2 is 1.62 bits per heavy atom. The van der Waals surface area contributed by atoms with E-state index in [4.69, 9.17) is 9.47 Å². The number of anilines is 1. The van der Waals surface area contributed by atoms with Crippen molar-refractivity contribution in [3.05, 3.63) is 89.0 Å². The van der Waals surface area contributed by atoms with Gasteiger partial charge >= 0.3 is 6.18 Å². The van der Waals surface area contributed by atoms with Crippen molar-refractivity contribution in [2.45, 2.75) is 13.1 Å². The van der Waals surface area contributed by atoms with Crippen LogP contribution in [0.15, 0.2) is 66.7 Å². The van der Waals surface area contributed by atoms with Gasteiger partial charge in [0.05, 0.1) is 25.0 Å². The number of alkyl halides is 3. The topological polar surface area (TPSA) is 55.8 Å². The van der Waals surface area contributed by atoms with Gasteiger partial charge in [-0.2, -0.15) is 13.2 Å². The quantitative estimate of drug-likeness (QED) is 0.350. The summed E-state index contributed by atoms with van der Waals surface area (Å²) in [5, 5.41) is 0. The Morgan fingerprint density at radius 3 is 2.29 bits per heavy atom. The molecule has 0 aromatic heterocycles. The Hall–Kier alpha value is -4.07. The van der Waals surface area contributed by atoms with Crippen molar-refractivity contribution < 1.29 is 32.2 Å². The maximum absolute atomic E-state index is 13.5. The van der Waals surface area contributed by atoms with E-state index in [-0.39, 0.29) is 16.8 Å². The third-order valence-electron chi connectivity index (χ3n) is 5.31. The number of carbonyl (C=O) groups excluding carboxylic acids is 2. The molecule has 2 amide bonds. The minimum atomic E-state index is -4.62. The molecule has 0 radical (unpaired) electrons. The molecule has 34 heavy (non-hydrogen) atoms. The second-order valence-electron chi connectivity index (χ2n) is 7.44. The van der Waals surface area contributed by atoms with E-state index in [1.54, 1.807) is 42.5 Å². The molecule has 4 rings (SSSR count). The Balaban J connectivity index is 1.86. The zero-order valence-electron chi connectivity index (χ0n) is 18.3. The molecular weight excluding hydrogens is 447 g/mol. The Labute approximate surface area is 194 Å². The van der Waals surface area contributed by atoms with E-state index in [2.05, 4.69) is 0 Å². The molecular formula is C26H20F3NO4. The van der Waals surface area contributed by atoms with Crippen LogP contribution in [0.2, 0.25) is 0 Å². The number of ether oxygens (including phenoxy) is 2. The number of nitrogens with zero attached hydrogens (tertiary/aromatic N) is 1. The summed E-state index contributed by atoms with van der Waals surface area (Å²) in [5.74, 6) is -0.430. The zero-order valence-corrected chi connectivity index (χ0v) is 18.3. The van der Waals surface area contributed by atoms with Crippen LogP contribution in [0, 0.1) is 0 Å². The third kappa shape index (κ3) is 4.26. The first-order chi connectivity index (χ1) is 16.2. The van der Waals surface area contributed by atoms with E-state index < -0.39 is 23.6 Å². The molecule has 1 heterocycles. The van der Waals surface area contributed by atoms with Gasteiger partial charge in [-0.05, 0) is 60.5 Å². The molecule has 0 fully saturated rings. The number of amides is 2. The average Bonchev–Trinajstić information content (AvgIpc) is 2.82. The molecule has 1 aliphatic heterocycles. The highest BCUT2D eigenvalue weighted by Gasteiger charge is 2.37. The number of benzene rings is 3. The molecule has 8 heteroatoms. The predicted octanol–water partition coefficient (Wildman–Crippen LogP) is 5.84. The van der Waals surface area contributed by atoms with E-state index in [0.29, 0.717) is 29.2 Å². The number of imide groups is 1. The summed E-state index contributed by atoms with van der Waals surface area (Å²) in [6.45, 7) is 2.22. The lowest BCUT2D eigenvalue weighted by Crippen LogP contribution is -2.41. The van der Waals surface area contributed by atoms with Crippen LogP contribution in [0.5, 0.6) is 11.5 Å². The van der Waals surface area contributed by atoms with Crippen molar-refractivity contribution in [3.63, 3.8) is 0 Å². The summed E-state index contributed by atoms with van der Waals surface area (Å²) in [6, 6.07) is 15.7. The highest BCUT2D eigenvalue weighted by Crippen LogP contribution is 2.37. The molecule has 0 N–H and O–H groups in total. The lowest BCUT2D eigenvalue weighted by molar-refractivity contribution is -0.137. The molecule has 0 atom stereocenters. The van der Waals surface area contributed by atoms with Crippen LogP contribution < -0.4 is 14.4 Å². The van der Waals surface area contributed by atoms with E-state index in [1.807, 2.05) is 6.92 Å². The second-order valence-corrected chi connectivity index (χ2v) is 7.44. The van der Waals surface area contributed by atoms with Crippen LogP contribution in [-0.2, 0) is 11.0 Å². The van der Waals surface area contributed by atoms with Gasteiger partial charge in [-0.15, -0.1) is 0 Å². The lowest BCUT2D eigenvalue weighted by Gasteiger charge is -2.29. The van der Waals surface area contributed by atoms with Crippen LogP contribution in [-0.4, -0.2) is 25.5 Å². The smallest absolute Gasteiger partial charge is 0.416 e. The van der Waals surface area contributed by atoms with Gasteiger partial charge in [-0.25, -0.2) is 4.90 Å². The fourth-order valence-corrected chi connectivity index (χ4v) is 3.77. The van der Waals surface area contributed by atoms with Crippen molar-refractivity contribution in [3.8, 4) is 11.5 Å². The van der Waals surface area contributed by atoms with Crippen molar-refractivity contribution in [2.24, 2.45) is 0 Å². The molecule has 5 nitrogen and oxygen atoms in total. The largest absolute Gasteiger partial charge is 0.493 e. The van der Waals surface area contributed by atoms with Crippen LogP contribution in [0.25, 0.3) is 11.6 Å². The molecule has 174 valence electrons. The molecule has 0 saturated heterocycles. The van der Waals surface area contributed by atoms with E-state index in [0.717, 1.165) is 17.0 Å². The minimum Gasteiger partial charge on any atom is -0.493 e. The minimum absolute atomic E-state index is 0.157. The van der Waals surface area contributed by atoms with Gasteiger partial charge in [0.15, 0.2) is 11.5 Å². The summed E-state index contributed by atoms with van der Waals surface area (Å²) in [6.07, 6.45) is -3.04. The van der Waals surface area contributed by atoms with Gasteiger partial charge in [0.1, 0.15) is 0 Å². The van der Waals surface area contributed by atoms with Crippen molar-refractivity contribution >= 4 is 29.2 Å². The summed E-state index contributed by atoms with van der Waals surface area (Å²) >= 11 is 0. The van der Waals surface area contributed by atoms with Crippen LogP contribution >= 0.6 is 0 Å². The van der Waals surface area contributed by atoms with Gasteiger partial charge in [0.2, 0.25) is 0 Å². The van der Waals surface area contributed by atoms with Crippen LogP contribution in [0.4, 0.5) is 18.9 Å². The van der Waals surface area contributed by atoms with Gasteiger partial charge < -0.3 is 9.47 Å². The molecule has 3 aromatic rings. The first kappa shape index (κ1) is 23.1. The summed E-state index contributed by atoms with van der Waals surface area (Å²) in [4.78, 5) is 27.4.